The van der Waals surface area contributed by atoms with Crippen molar-refractivity contribution in [2.45, 2.75) is 52.3 Å². The largest absolute Gasteiger partial charge is 0.491 e. The molecule has 0 aliphatic carbocycles. The summed E-state index contributed by atoms with van der Waals surface area (Å²) in [5.41, 5.74) is 0.851. The highest BCUT2D eigenvalue weighted by Crippen LogP contribution is 2.18. The van der Waals surface area contributed by atoms with E-state index in [4.69, 9.17) is 9.47 Å². The van der Waals surface area contributed by atoms with E-state index in [9.17, 15) is 4.39 Å². The second kappa shape index (κ2) is 14.0. The summed E-state index contributed by atoms with van der Waals surface area (Å²) >= 11 is 0. The van der Waals surface area contributed by atoms with Gasteiger partial charge in [-0.05, 0) is 51.3 Å². The number of rotatable bonds is 9. The van der Waals surface area contributed by atoms with Crippen molar-refractivity contribution in [2.75, 3.05) is 39.9 Å². The Morgan fingerprint density at radius 2 is 2.03 bits per heavy atom. The van der Waals surface area contributed by atoms with Gasteiger partial charge in [0.15, 0.2) is 17.5 Å². The topological polar surface area (TPSA) is 58.1 Å². The van der Waals surface area contributed by atoms with Crippen LogP contribution < -0.4 is 15.4 Å². The minimum Gasteiger partial charge on any atom is -0.491 e. The zero-order chi connectivity index (χ0) is 20.4. The molecule has 2 N–H and O–H groups in total. The van der Waals surface area contributed by atoms with Crippen molar-refractivity contribution in [2.24, 2.45) is 4.99 Å². The molecule has 0 atom stereocenters. The third-order valence-corrected chi connectivity index (χ3v) is 4.77. The number of aliphatic imine (C=N–C) groups is 1. The van der Waals surface area contributed by atoms with Gasteiger partial charge in [0.25, 0.3) is 0 Å². The zero-order valence-electron chi connectivity index (χ0n) is 18.0. The molecule has 1 heterocycles. The highest BCUT2D eigenvalue weighted by Gasteiger charge is 2.19. The summed E-state index contributed by atoms with van der Waals surface area (Å²) < 4.78 is 24.8. The minimum absolute atomic E-state index is 0. The van der Waals surface area contributed by atoms with E-state index in [1.807, 2.05) is 13.0 Å². The lowest BCUT2D eigenvalue weighted by Crippen LogP contribution is -2.49. The number of nitrogens with zero attached hydrogens (tertiary/aromatic N) is 2. The van der Waals surface area contributed by atoms with Gasteiger partial charge in [-0.1, -0.05) is 6.07 Å². The van der Waals surface area contributed by atoms with Gasteiger partial charge in [-0.2, -0.15) is 0 Å². The Labute approximate surface area is 191 Å². The van der Waals surface area contributed by atoms with Gasteiger partial charge in [-0.15, -0.1) is 24.0 Å². The van der Waals surface area contributed by atoms with Crippen molar-refractivity contribution in [1.29, 1.82) is 0 Å². The molecule has 2 rings (SSSR count). The van der Waals surface area contributed by atoms with Crippen molar-refractivity contribution in [3.05, 3.63) is 29.6 Å². The van der Waals surface area contributed by atoms with Gasteiger partial charge >= 0.3 is 0 Å². The fraction of sp³-hybridized carbons (Fsp3) is 0.667. The average Bonchev–Trinajstić information content (AvgIpc) is 2.68. The van der Waals surface area contributed by atoms with E-state index in [0.29, 0.717) is 24.9 Å². The first-order valence-electron chi connectivity index (χ1n) is 10.2. The van der Waals surface area contributed by atoms with E-state index < -0.39 is 0 Å². The van der Waals surface area contributed by atoms with Gasteiger partial charge in [-0.25, -0.2) is 4.39 Å². The smallest absolute Gasteiger partial charge is 0.191 e. The van der Waals surface area contributed by atoms with E-state index in [1.54, 1.807) is 13.1 Å². The number of nitrogens with one attached hydrogen (secondary N) is 2. The average molecular weight is 522 g/mol. The Bertz CT molecular complexity index is 623. The quantitative estimate of drug-likeness (QED) is 0.296. The van der Waals surface area contributed by atoms with Crippen molar-refractivity contribution >= 4 is 29.9 Å². The molecule has 166 valence electrons. The lowest BCUT2D eigenvalue weighted by Gasteiger charge is -2.33. The number of hydrogen-bond donors (Lipinski definition) is 2. The predicted octanol–water partition coefficient (Wildman–Crippen LogP) is 3.40. The van der Waals surface area contributed by atoms with E-state index in [0.717, 1.165) is 50.6 Å². The summed E-state index contributed by atoms with van der Waals surface area (Å²) in [4.78, 5) is 6.74. The first-order valence-corrected chi connectivity index (χ1v) is 10.2. The first-order chi connectivity index (χ1) is 13.5. The summed E-state index contributed by atoms with van der Waals surface area (Å²) in [6.45, 7) is 10.8. The van der Waals surface area contributed by atoms with Crippen LogP contribution in [0.5, 0.6) is 5.75 Å². The molecular formula is C21H36FIN4O2. The monoisotopic (exact) mass is 522 g/mol. The Balaban J connectivity index is 0.00000420. The van der Waals surface area contributed by atoms with Gasteiger partial charge in [-0.3, -0.25) is 4.99 Å². The van der Waals surface area contributed by atoms with Crippen LogP contribution in [0.1, 0.15) is 39.2 Å². The van der Waals surface area contributed by atoms with Crippen LogP contribution in [-0.2, 0) is 11.3 Å². The molecule has 0 amide bonds. The maximum Gasteiger partial charge on any atom is 0.191 e. The maximum absolute atomic E-state index is 14.0. The molecule has 0 radical (unpaired) electrons. The predicted molar refractivity (Wildman–Crippen MR) is 127 cm³/mol. The lowest BCUT2D eigenvalue weighted by atomic mass is 10.1. The van der Waals surface area contributed by atoms with Crippen LogP contribution in [0, 0.1) is 5.82 Å². The molecule has 1 aromatic rings. The molecule has 0 unspecified atom stereocenters. The van der Waals surface area contributed by atoms with Crippen LogP contribution in [0.2, 0.25) is 0 Å². The molecule has 0 bridgehead atoms. The molecule has 0 aromatic heterocycles. The number of piperidine rings is 1. The molecule has 0 spiro atoms. The molecule has 6 nitrogen and oxygen atoms in total. The Kier molecular flexibility index (Phi) is 12.5. The molecule has 29 heavy (non-hydrogen) atoms. The van der Waals surface area contributed by atoms with Gasteiger partial charge < -0.3 is 25.0 Å². The highest BCUT2D eigenvalue weighted by molar-refractivity contribution is 14.0. The number of ether oxygens (including phenoxy) is 2. The summed E-state index contributed by atoms with van der Waals surface area (Å²) in [5.74, 6) is 0.702. The van der Waals surface area contributed by atoms with Gasteiger partial charge in [0.05, 0.1) is 19.3 Å². The van der Waals surface area contributed by atoms with Crippen LogP contribution in [0.25, 0.3) is 0 Å². The fourth-order valence-corrected chi connectivity index (χ4v) is 3.22. The highest BCUT2D eigenvalue weighted by atomic mass is 127. The van der Waals surface area contributed by atoms with Gasteiger partial charge in [0, 0.05) is 39.3 Å². The van der Waals surface area contributed by atoms with E-state index in [1.165, 1.54) is 6.07 Å². The van der Waals surface area contributed by atoms with Crippen LogP contribution in [-0.4, -0.2) is 62.9 Å². The summed E-state index contributed by atoms with van der Waals surface area (Å²) in [6, 6.07) is 5.44. The third-order valence-electron chi connectivity index (χ3n) is 4.77. The van der Waals surface area contributed by atoms with Gasteiger partial charge in [0.2, 0.25) is 0 Å². The summed E-state index contributed by atoms with van der Waals surface area (Å²) in [7, 11) is 1.76. The van der Waals surface area contributed by atoms with Crippen LogP contribution >= 0.6 is 24.0 Å². The second-order valence-corrected chi connectivity index (χ2v) is 7.30. The normalized spacial score (nSPS) is 15.9. The fourth-order valence-electron chi connectivity index (χ4n) is 3.22. The van der Waals surface area contributed by atoms with Crippen LogP contribution in [0.3, 0.4) is 0 Å². The first kappa shape index (κ1) is 25.9. The number of hydrogen-bond acceptors (Lipinski definition) is 4. The Morgan fingerprint density at radius 1 is 1.31 bits per heavy atom. The SMILES string of the molecule is CCOc1ccc(CNC(=NC)NC2CCN(CCOC(C)C)CC2)cc1F.I. The van der Waals surface area contributed by atoms with E-state index in [2.05, 4.69) is 34.4 Å². The van der Waals surface area contributed by atoms with Crippen molar-refractivity contribution in [3.63, 3.8) is 0 Å². The van der Waals surface area contributed by atoms with Crippen molar-refractivity contribution in [1.82, 2.24) is 15.5 Å². The van der Waals surface area contributed by atoms with Crippen LogP contribution in [0.15, 0.2) is 23.2 Å². The zero-order valence-corrected chi connectivity index (χ0v) is 20.4. The molecule has 1 saturated heterocycles. The van der Waals surface area contributed by atoms with Crippen molar-refractivity contribution in [3.8, 4) is 5.75 Å². The molecule has 1 aliphatic rings. The van der Waals surface area contributed by atoms with E-state index >= 15 is 0 Å². The van der Waals surface area contributed by atoms with Gasteiger partial charge in [0.1, 0.15) is 0 Å². The summed E-state index contributed by atoms with van der Waals surface area (Å²) in [5, 5.41) is 6.75. The molecule has 8 heteroatoms. The molecular weight excluding hydrogens is 486 g/mol. The molecule has 0 saturated carbocycles. The van der Waals surface area contributed by atoms with E-state index in [-0.39, 0.29) is 35.9 Å². The second-order valence-electron chi connectivity index (χ2n) is 7.30. The van der Waals surface area contributed by atoms with Crippen molar-refractivity contribution < 1.29 is 13.9 Å². The lowest BCUT2D eigenvalue weighted by molar-refractivity contribution is 0.0532. The minimum atomic E-state index is -0.335. The number of benzene rings is 1. The number of halogens is 2. The number of likely N-dealkylation sites (tertiary alicyclic amines) is 1. The molecule has 1 fully saturated rings. The van der Waals surface area contributed by atoms with Crippen LogP contribution in [0.4, 0.5) is 4.39 Å². The maximum atomic E-state index is 14.0. The Morgan fingerprint density at radius 3 is 2.62 bits per heavy atom. The molecule has 1 aromatic carbocycles. The summed E-state index contributed by atoms with van der Waals surface area (Å²) in [6.07, 6.45) is 2.43. The third kappa shape index (κ3) is 9.48. The Hall–Kier alpha value is -1.13. The standard InChI is InChI=1S/C21H35FN4O2.HI/c1-5-27-20-7-6-17(14-19(20)22)15-24-21(23-4)25-18-8-10-26(11-9-18)12-13-28-16(2)3;/h6-7,14,16,18H,5,8-13,15H2,1-4H3,(H2,23,24,25);1H. The molecule has 1 aliphatic heterocycles. The number of guanidine groups is 1.